The lowest BCUT2D eigenvalue weighted by Gasteiger charge is -2.00. The predicted octanol–water partition coefficient (Wildman–Crippen LogP) is 4.16. The van der Waals surface area contributed by atoms with Crippen LogP contribution in [0.4, 0.5) is 5.13 Å². The zero-order chi connectivity index (χ0) is 14.2. The number of benzene rings is 2. The van der Waals surface area contributed by atoms with Gasteiger partial charge in [-0.25, -0.2) is 9.97 Å². The van der Waals surface area contributed by atoms with Gasteiger partial charge in [0.15, 0.2) is 5.13 Å². The fourth-order valence-corrected chi connectivity index (χ4v) is 4.01. The molecule has 2 aromatic carbocycles. The molecule has 0 bridgehead atoms. The Labute approximate surface area is 128 Å². The van der Waals surface area contributed by atoms with Crippen molar-refractivity contribution in [3.8, 4) is 0 Å². The van der Waals surface area contributed by atoms with Crippen molar-refractivity contribution < 1.29 is 4.79 Å². The summed E-state index contributed by atoms with van der Waals surface area (Å²) in [5, 5.41) is 3.47. The molecule has 0 radical (unpaired) electrons. The molecule has 0 saturated carbocycles. The van der Waals surface area contributed by atoms with Crippen LogP contribution in [0.5, 0.6) is 0 Å². The molecule has 0 aliphatic rings. The number of rotatable bonds is 2. The third-order valence-electron chi connectivity index (χ3n) is 3.11. The second kappa shape index (κ2) is 4.91. The molecule has 102 valence electrons. The van der Waals surface area contributed by atoms with E-state index in [1.165, 1.54) is 11.3 Å². The van der Waals surface area contributed by atoms with Crippen molar-refractivity contribution in [3.05, 3.63) is 53.5 Å². The average Bonchev–Trinajstić information content (AvgIpc) is 3.12. The molecule has 0 spiro atoms. The number of hydrogen-bond acceptors (Lipinski definition) is 5. The Bertz CT molecular complexity index is 943. The summed E-state index contributed by atoms with van der Waals surface area (Å²) in [5.74, 6) is -0.143. The van der Waals surface area contributed by atoms with Crippen LogP contribution in [-0.4, -0.2) is 15.9 Å². The second-order valence-corrected chi connectivity index (χ2v) is 6.31. The Kier molecular flexibility index (Phi) is 2.90. The molecule has 4 nitrogen and oxygen atoms in total. The molecule has 1 amide bonds. The standard InChI is InChI=1S/C15H9N3OS2/c19-14(9-4-2-1-3-5-9)18-15-17-11-7-6-10-12(13(11)21-15)20-8-16-10/h1-8H,(H,17,18,19). The molecule has 6 heteroatoms. The number of carbonyl (C=O) groups is 1. The van der Waals surface area contributed by atoms with Gasteiger partial charge in [0.2, 0.25) is 0 Å². The SMILES string of the molecule is O=C(Nc1nc2ccc3ncsc3c2s1)c1ccccc1. The minimum Gasteiger partial charge on any atom is -0.298 e. The molecule has 0 aliphatic carbocycles. The van der Waals surface area contributed by atoms with Gasteiger partial charge >= 0.3 is 0 Å². The number of nitrogens with zero attached hydrogens (tertiary/aromatic N) is 2. The largest absolute Gasteiger partial charge is 0.298 e. The van der Waals surface area contributed by atoms with E-state index in [0.717, 1.165) is 20.4 Å². The monoisotopic (exact) mass is 311 g/mol. The minimum atomic E-state index is -0.143. The first-order valence-electron chi connectivity index (χ1n) is 6.30. The van der Waals surface area contributed by atoms with Crippen molar-refractivity contribution in [2.75, 3.05) is 5.32 Å². The number of fused-ring (bicyclic) bond motifs is 3. The molecule has 21 heavy (non-hydrogen) atoms. The topological polar surface area (TPSA) is 54.9 Å². The third kappa shape index (κ3) is 2.18. The molecule has 0 saturated heterocycles. The molecular formula is C15H9N3OS2. The van der Waals surface area contributed by atoms with E-state index in [-0.39, 0.29) is 5.91 Å². The van der Waals surface area contributed by atoms with E-state index in [4.69, 9.17) is 0 Å². The molecule has 4 aromatic rings. The molecule has 0 atom stereocenters. The molecule has 0 unspecified atom stereocenters. The van der Waals surface area contributed by atoms with Crippen LogP contribution in [0.3, 0.4) is 0 Å². The van der Waals surface area contributed by atoms with Gasteiger partial charge in [-0.05, 0) is 24.3 Å². The lowest BCUT2D eigenvalue weighted by atomic mass is 10.2. The zero-order valence-corrected chi connectivity index (χ0v) is 12.4. The van der Waals surface area contributed by atoms with Crippen LogP contribution >= 0.6 is 22.7 Å². The maximum Gasteiger partial charge on any atom is 0.257 e. The van der Waals surface area contributed by atoms with Gasteiger partial charge in [0.25, 0.3) is 5.91 Å². The van der Waals surface area contributed by atoms with E-state index >= 15 is 0 Å². The molecule has 4 rings (SSSR count). The fourth-order valence-electron chi connectivity index (χ4n) is 2.12. The van der Waals surface area contributed by atoms with Gasteiger partial charge in [-0.1, -0.05) is 29.5 Å². The summed E-state index contributed by atoms with van der Waals surface area (Å²) in [5.41, 5.74) is 4.31. The highest BCUT2D eigenvalue weighted by atomic mass is 32.1. The van der Waals surface area contributed by atoms with Gasteiger partial charge in [-0.15, -0.1) is 11.3 Å². The number of nitrogens with one attached hydrogen (secondary N) is 1. The van der Waals surface area contributed by atoms with Gasteiger partial charge in [-0.3, -0.25) is 10.1 Å². The molecule has 1 N–H and O–H groups in total. The molecule has 2 aromatic heterocycles. The summed E-state index contributed by atoms with van der Waals surface area (Å²) in [6.45, 7) is 0. The van der Waals surface area contributed by atoms with E-state index in [0.29, 0.717) is 10.7 Å². The van der Waals surface area contributed by atoms with Crippen molar-refractivity contribution >= 4 is 54.1 Å². The molecule has 2 heterocycles. The van der Waals surface area contributed by atoms with E-state index in [1.807, 2.05) is 35.8 Å². The van der Waals surface area contributed by atoms with Gasteiger partial charge in [-0.2, -0.15) is 0 Å². The Balaban J connectivity index is 1.72. The smallest absolute Gasteiger partial charge is 0.257 e. The van der Waals surface area contributed by atoms with Gasteiger partial charge < -0.3 is 0 Å². The average molecular weight is 311 g/mol. The summed E-state index contributed by atoms with van der Waals surface area (Å²) in [6.07, 6.45) is 0. The van der Waals surface area contributed by atoms with E-state index in [2.05, 4.69) is 15.3 Å². The number of amides is 1. The van der Waals surface area contributed by atoms with Crippen LogP contribution in [0.15, 0.2) is 48.0 Å². The van der Waals surface area contributed by atoms with Crippen molar-refractivity contribution in [2.24, 2.45) is 0 Å². The quantitative estimate of drug-likeness (QED) is 0.605. The number of anilines is 1. The van der Waals surface area contributed by atoms with Gasteiger partial charge in [0.1, 0.15) is 0 Å². The lowest BCUT2D eigenvalue weighted by molar-refractivity contribution is 0.102. The van der Waals surface area contributed by atoms with Crippen LogP contribution in [0, 0.1) is 0 Å². The Morgan fingerprint density at radius 1 is 1.00 bits per heavy atom. The van der Waals surface area contributed by atoms with Crippen LogP contribution < -0.4 is 5.32 Å². The summed E-state index contributed by atoms with van der Waals surface area (Å²) in [7, 11) is 0. The van der Waals surface area contributed by atoms with Gasteiger partial charge in [0, 0.05) is 5.56 Å². The van der Waals surface area contributed by atoms with Crippen LogP contribution in [0.25, 0.3) is 20.4 Å². The number of hydrogen-bond donors (Lipinski definition) is 1. The molecular weight excluding hydrogens is 302 g/mol. The second-order valence-electron chi connectivity index (χ2n) is 4.45. The van der Waals surface area contributed by atoms with Crippen molar-refractivity contribution in [2.45, 2.75) is 0 Å². The Morgan fingerprint density at radius 2 is 1.81 bits per heavy atom. The fraction of sp³-hybridized carbons (Fsp3) is 0. The Hall–Kier alpha value is -2.31. The maximum atomic E-state index is 12.2. The first-order chi connectivity index (χ1) is 10.3. The van der Waals surface area contributed by atoms with Crippen molar-refractivity contribution in [1.29, 1.82) is 0 Å². The summed E-state index contributed by atoms with van der Waals surface area (Å²) < 4.78 is 2.18. The minimum absolute atomic E-state index is 0.143. The van der Waals surface area contributed by atoms with Crippen LogP contribution in [-0.2, 0) is 0 Å². The summed E-state index contributed by atoms with van der Waals surface area (Å²) in [6, 6.07) is 13.0. The molecule has 0 fully saturated rings. The van der Waals surface area contributed by atoms with Gasteiger partial charge in [0.05, 0.1) is 25.9 Å². The summed E-state index contributed by atoms with van der Waals surface area (Å²) in [4.78, 5) is 20.9. The van der Waals surface area contributed by atoms with Crippen LogP contribution in [0.2, 0.25) is 0 Å². The normalized spacial score (nSPS) is 11.0. The number of carbonyl (C=O) groups excluding carboxylic acids is 1. The van der Waals surface area contributed by atoms with Crippen molar-refractivity contribution in [3.63, 3.8) is 0 Å². The van der Waals surface area contributed by atoms with E-state index in [9.17, 15) is 4.79 Å². The Morgan fingerprint density at radius 3 is 2.67 bits per heavy atom. The predicted molar refractivity (Wildman–Crippen MR) is 87.2 cm³/mol. The number of thiazole rings is 2. The zero-order valence-electron chi connectivity index (χ0n) is 10.7. The maximum absolute atomic E-state index is 12.2. The summed E-state index contributed by atoms with van der Waals surface area (Å²) >= 11 is 3.07. The number of aromatic nitrogens is 2. The highest BCUT2D eigenvalue weighted by Crippen LogP contribution is 2.34. The highest BCUT2D eigenvalue weighted by Gasteiger charge is 2.12. The first-order valence-corrected chi connectivity index (χ1v) is 8.00. The third-order valence-corrected chi connectivity index (χ3v) is 5.10. The highest BCUT2D eigenvalue weighted by molar-refractivity contribution is 7.28. The van der Waals surface area contributed by atoms with Crippen LogP contribution in [0.1, 0.15) is 10.4 Å². The van der Waals surface area contributed by atoms with Crippen molar-refractivity contribution in [1.82, 2.24) is 9.97 Å². The first kappa shape index (κ1) is 12.4. The molecule has 0 aliphatic heterocycles. The van der Waals surface area contributed by atoms with E-state index in [1.54, 1.807) is 23.5 Å². The van der Waals surface area contributed by atoms with E-state index < -0.39 is 0 Å². The lowest BCUT2D eigenvalue weighted by Crippen LogP contribution is -2.11.